The van der Waals surface area contributed by atoms with Crippen LogP contribution >= 0.6 is 0 Å². The molecule has 0 unspecified atom stereocenters. The van der Waals surface area contributed by atoms with Gasteiger partial charge in [0.15, 0.2) is 23.0 Å². The van der Waals surface area contributed by atoms with Gasteiger partial charge in [-0.15, -0.1) is 0 Å². The molecule has 182 valence electrons. The molecule has 1 fully saturated rings. The molecule has 1 saturated carbocycles. The summed E-state index contributed by atoms with van der Waals surface area (Å²) in [6.07, 6.45) is 4.05. The van der Waals surface area contributed by atoms with Gasteiger partial charge >= 0.3 is 5.69 Å². The molecule has 2 aliphatic rings. The number of hydrogen-bond acceptors (Lipinski definition) is 6. The second kappa shape index (κ2) is 7.61. The molecule has 1 aliphatic heterocycles. The highest BCUT2D eigenvalue weighted by molar-refractivity contribution is 5.85. The van der Waals surface area contributed by atoms with Crippen LogP contribution in [-0.2, 0) is 0 Å². The molecule has 0 radical (unpaired) electrons. The van der Waals surface area contributed by atoms with E-state index in [-0.39, 0.29) is 24.0 Å². The van der Waals surface area contributed by atoms with Crippen LogP contribution in [0.15, 0.2) is 47.5 Å². The number of aromatic nitrogens is 6. The van der Waals surface area contributed by atoms with E-state index in [9.17, 15) is 13.6 Å². The van der Waals surface area contributed by atoms with Gasteiger partial charge < -0.3 is 14.6 Å². The maximum atomic E-state index is 14.5. The van der Waals surface area contributed by atoms with Crippen LogP contribution < -0.4 is 15.3 Å². The van der Waals surface area contributed by atoms with E-state index in [2.05, 4.69) is 9.97 Å². The highest BCUT2D eigenvalue weighted by atomic mass is 19.1. The van der Waals surface area contributed by atoms with Gasteiger partial charge in [0.05, 0.1) is 23.7 Å². The standard InChI is InChI=1S/C25H21F2N7O2/c1-32(14-6-7-14)22-20-23(31-24(30-22)33-12-28-17-8-5-13(26)11-19(17)33)34(25(35)29-20)18-9-10-36-21-15(18)3-2-4-16(21)27/h2-5,8,11-12,14,18H,6-7,9-10H2,1H3,(H,29,35)/t18-/m1/s1. The zero-order chi connectivity index (χ0) is 24.6. The third-order valence-corrected chi connectivity index (χ3v) is 7.00. The second-order valence-corrected chi connectivity index (χ2v) is 9.25. The molecule has 2 aromatic carbocycles. The summed E-state index contributed by atoms with van der Waals surface area (Å²) >= 11 is 0. The molecule has 1 N–H and O–H groups in total. The number of para-hydroxylation sites is 1. The van der Waals surface area contributed by atoms with Gasteiger partial charge in [-0.1, -0.05) is 12.1 Å². The summed E-state index contributed by atoms with van der Waals surface area (Å²) in [5, 5.41) is 0. The molecule has 1 atom stereocenters. The van der Waals surface area contributed by atoms with Crippen molar-refractivity contribution in [2.75, 3.05) is 18.6 Å². The Labute approximate surface area is 203 Å². The fourth-order valence-electron chi connectivity index (χ4n) is 5.04. The molecule has 0 saturated heterocycles. The zero-order valence-electron chi connectivity index (χ0n) is 19.3. The minimum atomic E-state index is -0.482. The molecule has 4 heterocycles. The normalized spacial score (nSPS) is 17.4. The van der Waals surface area contributed by atoms with Crippen LogP contribution in [0, 0.1) is 11.6 Å². The largest absolute Gasteiger partial charge is 0.490 e. The maximum absolute atomic E-state index is 14.5. The van der Waals surface area contributed by atoms with Gasteiger partial charge in [-0.05, 0) is 31.0 Å². The van der Waals surface area contributed by atoms with Crippen molar-refractivity contribution in [3.63, 3.8) is 0 Å². The number of nitrogens with one attached hydrogen (secondary N) is 1. The number of anilines is 1. The van der Waals surface area contributed by atoms with Crippen LogP contribution in [0.25, 0.3) is 28.1 Å². The molecule has 5 aromatic rings. The summed E-state index contributed by atoms with van der Waals surface area (Å²) in [6.45, 7) is 0.260. The van der Waals surface area contributed by atoms with E-state index in [1.165, 1.54) is 18.2 Å². The van der Waals surface area contributed by atoms with Gasteiger partial charge in [-0.25, -0.2) is 18.6 Å². The summed E-state index contributed by atoms with van der Waals surface area (Å²) < 4.78 is 37.3. The van der Waals surface area contributed by atoms with Crippen LogP contribution in [0.4, 0.5) is 14.6 Å². The first-order chi connectivity index (χ1) is 17.5. The molecular formula is C25H21F2N7O2. The monoisotopic (exact) mass is 489 g/mol. The lowest BCUT2D eigenvalue weighted by atomic mass is 10.00. The number of imidazole rings is 2. The Kier molecular flexibility index (Phi) is 4.45. The van der Waals surface area contributed by atoms with Crippen molar-refractivity contribution in [1.29, 1.82) is 0 Å². The van der Waals surface area contributed by atoms with E-state index in [4.69, 9.17) is 14.7 Å². The van der Waals surface area contributed by atoms with Crippen LogP contribution in [-0.4, -0.2) is 48.8 Å². The summed E-state index contributed by atoms with van der Waals surface area (Å²) in [5.41, 5.74) is 2.20. The van der Waals surface area contributed by atoms with Crippen molar-refractivity contribution < 1.29 is 13.5 Å². The third-order valence-electron chi connectivity index (χ3n) is 7.00. The van der Waals surface area contributed by atoms with Crippen molar-refractivity contribution in [3.05, 3.63) is 70.4 Å². The van der Waals surface area contributed by atoms with Crippen LogP contribution in [0.1, 0.15) is 30.9 Å². The summed E-state index contributed by atoms with van der Waals surface area (Å²) in [6, 6.07) is 8.85. The molecular weight excluding hydrogens is 468 g/mol. The Bertz CT molecular complexity index is 1720. The molecule has 11 heteroatoms. The number of aromatic amines is 1. The quantitative estimate of drug-likeness (QED) is 0.414. The minimum Gasteiger partial charge on any atom is -0.490 e. The van der Waals surface area contributed by atoms with Gasteiger partial charge in [0, 0.05) is 31.1 Å². The first-order valence-electron chi connectivity index (χ1n) is 11.8. The fraction of sp³-hybridized carbons (Fsp3) is 0.280. The third kappa shape index (κ3) is 3.11. The van der Waals surface area contributed by atoms with E-state index in [0.29, 0.717) is 46.0 Å². The van der Waals surface area contributed by atoms with Crippen molar-refractivity contribution >= 4 is 28.0 Å². The highest BCUT2D eigenvalue weighted by Crippen LogP contribution is 2.38. The molecule has 0 spiro atoms. The lowest BCUT2D eigenvalue weighted by Crippen LogP contribution is -2.28. The number of hydrogen-bond donors (Lipinski definition) is 1. The predicted molar refractivity (Wildman–Crippen MR) is 129 cm³/mol. The molecule has 3 aromatic heterocycles. The predicted octanol–water partition coefficient (Wildman–Crippen LogP) is 3.71. The average Bonchev–Trinajstić information content (AvgIpc) is 3.56. The van der Waals surface area contributed by atoms with E-state index in [1.807, 2.05) is 11.9 Å². The number of ether oxygens (including phenoxy) is 1. The van der Waals surface area contributed by atoms with E-state index in [0.717, 1.165) is 12.8 Å². The van der Waals surface area contributed by atoms with E-state index < -0.39 is 17.7 Å². The number of rotatable bonds is 4. The van der Waals surface area contributed by atoms with Crippen LogP contribution in [0.5, 0.6) is 5.75 Å². The summed E-state index contributed by atoms with van der Waals surface area (Å²) in [4.78, 5) is 32.3. The highest BCUT2D eigenvalue weighted by Gasteiger charge is 2.33. The SMILES string of the molecule is CN(c1nc(-n2cnc3ccc(F)cc32)nc2c1[nH]c(=O)n2[C@@H]1CCOc2c(F)cccc21)C1CC1. The molecule has 0 bridgehead atoms. The Morgan fingerprint density at radius 2 is 2.00 bits per heavy atom. The smallest absolute Gasteiger partial charge is 0.328 e. The van der Waals surface area contributed by atoms with Crippen molar-refractivity contribution in [3.8, 4) is 11.7 Å². The van der Waals surface area contributed by atoms with Crippen molar-refractivity contribution in [2.24, 2.45) is 0 Å². The van der Waals surface area contributed by atoms with Gasteiger partial charge in [0.1, 0.15) is 17.7 Å². The summed E-state index contributed by atoms with van der Waals surface area (Å²) in [7, 11) is 1.93. The molecule has 9 nitrogen and oxygen atoms in total. The Morgan fingerprint density at radius 1 is 1.14 bits per heavy atom. The van der Waals surface area contributed by atoms with E-state index in [1.54, 1.807) is 33.7 Å². The lowest BCUT2D eigenvalue weighted by Gasteiger charge is -2.27. The van der Waals surface area contributed by atoms with Gasteiger partial charge in [-0.3, -0.25) is 9.13 Å². The van der Waals surface area contributed by atoms with Crippen LogP contribution in [0.3, 0.4) is 0 Å². The number of fused-ring (bicyclic) bond motifs is 3. The Balaban J connectivity index is 1.50. The lowest BCUT2D eigenvalue weighted by molar-refractivity contribution is 0.244. The average molecular weight is 489 g/mol. The number of nitrogens with zero attached hydrogens (tertiary/aromatic N) is 6. The fourth-order valence-corrected chi connectivity index (χ4v) is 5.04. The first kappa shape index (κ1) is 21.0. The number of halogens is 2. The molecule has 7 rings (SSSR count). The van der Waals surface area contributed by atoms with Gasteiger partial charge in [0.2, 0.25) is 5.95 Å². The Morgan fingerprint density at radius 3 is 2.83 bits per heavy atom. The topological polar surface area (TPSA) is 93.9 Å². The van der Waals surface area contributed by atoms with Gasteiger partial charge in [0.25, 0.3) is 0 Å². The minimum absolute atomic E-state index is 0.149. The van der Waals surface area contributed by atoms with Crippen molar-refractivity contribution in [1.82, 2.24) is 29.1 Å². The molecule has 0 amide bonds. The van der Waals surface area contributed by atoms with Crippen molar-refractivity contribution in [2.45, 2.75) is 31.3 Å². The zero-order valence-corrected chi connectivity index (χ0v) is 19.3. The maximum Gasteiger partial charge on any atom is 0.328 e. The Hall–Kier alpha value is -4.28. The molecule has 1 aliphatic carbocycles. The number of H-pyrrole nitrogens is 1. The summed E-state index contributed by atoms with van der Waals surface area (Å²) in [5.74, 6) is 0.104. The van der Waals surface area contributed by atoms with Crippen LogP contribution in [0.2, 0.25) is 0 Å². The van der Waals surface area contributed by atoms with Gasteiger partial charge in [-0.2, -0.15) is 9.97 Å². The molecule has 36 heavy (non-hydrogen) atoms. The second-order valence-electron chi connectivity index (χ2n) is 9.25. The number of benzene rings is 2. The first-order valence-corrected chi connectivity index (χ1v) is 11.8. The van der Waals surface area contributed by atoms with E-state index >= 15 is 0 Å².